The number of hydrogen-bond donors (Lipinski definition) is 0. The number of para-hydroxylation sites is 1. The molecule has 3 nitrogen and oxygen atoms in total. The Morgan fingerprint density at radius 2 is 1.86 bits per heavy atom. The molecule has 1 saturated heterocycles. The number of nitrogens with zero attached hydrogens (tertiary/aromatic N) is 2. The number of fused-ring (bicyclic) bond motifs is 1. The van der Waals surface area contributed by atoms with Crippen molar-refractivity contribution >= 4 is 16.8 Å². The number of hydrogen-bond acceptors (Lipinski definition) is 2. The van der Waals surface area contributed by atoms with Gasteiger partial charge in [-0.05, 0) is 42.3 Å². The molecule has 2 heterocycles. The van der Waals surface area contributed by atoms with E-state index in [1.165, 1.54) is 18.2 Å². The molecule has 6 heteroatoms. The highest BCUT2D eigenvalue weighted by Gasteiger charge is 2.30. The van der Waals surface area contributed by atoms with Crippen molar-refractivity contribution < 1.29 is 18.0 Å². The van der Waals surface area contributed by atoms with E-state index >= 15 is 0 Å². The van der Waals surface area contributed by atoms with Crippen molar-refractivity contribution in [1.29, 1.82) is 0 Å². The molecule has 0 spiro atoms. The molecule has 1 aromatic heterocycles. The van der Waals surface area contributed by atoms with E-state index in [2.05, 4.69) is 11.6 Å². The van der Waals surface area contributed by atoms with Crippen molar-refractivity contribution in [2.24, 2.45) is 0 Å². The summed E-state index contributed by atoms with van der Waals surface area (Å²) in [4.78, 5) is 18.4. The first-order valence-corrected chi connectivity index (χ1v) is 9.35. The zero-order valence-electron chi connectivity index (χ0n) is 15.6. The van der Waals surface area contributed by atoms with Crippen LogP contribution in [-0.4, -0.2) is 28.9 Å². The second-order valence-corrected chi connectivity index (χ2v) is 7.16. The maximum Gasteiger partial charge on any atom is 0.416 e. The van der Waals surface area contributed by atoms with E-state index in [0.717, 1.165) is 35.0 Å². The van der Waals surface area contributed by atoms with Gasteiger partial charge in [0.25, 0.3) is 0 Å². The number of benzene rings is 2. The number of likely N-dealkylation sites (tertiary alicyclic amines) is 1. The number of carbonyl (C=O) groups is 1. The van der Waals surface area contributed by atoms with Gasteiger partial charge in [-0.15, -0.1) is 0 Å². The highest BCUT2D eigenvalue weighted by molar-refractivity contribution is 5.88. The quantitative estimate of drug-likeness (QED) is 0.554. The van der Waals surface area contributed by atoms with Crippen molar-refractivity contribution in [3.8, 4) is 11.3 Å². The van der Waals surface area contributed by atoms with Gasteiger partial charge in [0.05, 0.1) is 16.8 Å². The Hall–Kier alpha value is -3.15. The van der Waals surface area contributed by atoms with Crippen LogP contribution in [0.15, 0.2) is 67.3 Å². The van der Waals surface area contributed by atoms with Crippen LogP contribution in [-0.2, 0) is 11.0 Å². The molecule has 148 valence electrons. The smallest absolute Gasteiger partial charge is 0.339 e. The summed E-state index contributed by atoms with van der Waals surface area (Å²) in [6, 6.07) is 14.7. The zero-order valence-corrected chi connectivity index (χ0v) is 15.6. The number of amides is 1. The van der Waals surface area contributed by atoms with Crippen molar-refractivity contribution in [3.63, 3.8) is 0 Å². The molecule has 29 heavy (non-hydrogen) atoms. The highest BCUT2D eigenvalue weighted by Crippen LogP contribution is 2.36. The fourth-order valence-electron chi connectivity index (χ4n) is 3.86. The molecular weight excluding hydrogens is 377 g/mol. The van der Waals surface area contributed by atoms with Gasteiger partial charge < -0.3 is 4.90 Å². The topological polar surface area (TPSA) is 33.2 Å². The second kappa shape index (κ2) is 7.35. The van der Waals surface area contributed by atoms with Crippen LogP contribution in [0.5, 0.6) is 0 Å². The third-order valence-electron chi connectivity index (χ3n) is 5.37. The van der Waals surface area contributed by atoms with Crippen LogP contribution in [0, 0.1) is 0 Å². The molecule has 1 unspecified atom stereocenters. The van der Waals surface area contributed by atoms with Crippen molar-refractivity contribution in [2.75, 3.05) is 13.1 Å². The third kappa shape index (κ3) is 3.75. The lowest BCUT2D eigenvalue weighted by atomic mass is 9.93. The van der Waals surface area contributed by atoms with Crippen LogP contribution in [0.4, 0.5) is 13.2 Å². The maximum absolute atomic E-state index is 12.9. The van der Waals surface area contributed by atoms with Gasteiger partial charge in [-0.2, -0.15) is 13.2 Å². The largest absolute Gasteiger partial charge is 0.416 e. The minimum absolute atomic E-state index is 0.0891. The predicted octanol–water partition coefficient (Wildman–Crippen LogP) is 5.42. The number of rotatable bonds is 3. The second-order valence-electron chi connectivity index (χ2n) is 7.16. The number of aromatic nitrogens is 1. The minimum atomic E-state index is -4.37. The van der Waals surface area contributed by atoms with Crippen LogP contribution in [0.2, 0.25) is 0 Å². The molecule has 4 rings (SSSR count). The van der Waals surface area contributed by atoms with E-state index in [1.54, 1.807) is 4.90 Å². The molecule has 0 saturated carbocycles. The first-order chi connectivity index (χ1) is 13.9. The van der Waals surface area contributed by atoms with Crippen LogP contribution >= 0.6 is 0 Å². The molecule has 1 aliphatic rings. The average molecular weight is 396 g/mol. The summed E-state index contributed by atoms with van der Waals surface area (Å²) in [5, 5.41) is 1.00. The molecule has 2 aromatic carbocycles. The van der Waals surface area contributed by atoms with Crippen molar-refractivity contribution in [1.82, 2.24) is 9.88 Å². The Bertz CT molecular complexity index is 1070. The summed E-state index contributed by atoms with van der Waals surface area (Å²) in [6.45, 7) is 4.79. The van der Waals surface area contributed by atoms with Gasteiger partial charge >= 0.3 is 6.18 Å². The Morgan fingerprint density at radius 1 is 1.14 bits per heavy atom. The van der Waals surface area contributed by atoms with Crippen molar-refractivity contribution in [2.45, 2.75) is 18.5 Å². The normalized spacial score (nSPS) is 16.9. The summed E-state index contributed by atoms with van der Waals surface area (Å²) < 4.78 is 38.6. The number of pyridine rings is 1. The number of carbonyl (C=O) groups excluding carboxylic acids is 1. The molecule has 0 radical (unpaired) electrons. The summed E-state index contributed by atoms with van der Waals surface area (Å²) in [5.74, 6) is 0.0498. The van der Waals surface area contributed by atoms with E-state index in [-0.39, 0.29) is 11.8 Å². The summed E-state index contributed by atoms with van der Waals surface area (Å²) >= 11 is 0. The Labute approximate surface area is 166 Å². The lowest BCUT2D eigenvalue weighted by Crippen LogP contribution is -2.26. The van der Waals surface area contributed by atoms with Gasteiger partial charge in [0.2, 0.25) is 5.91 Å². The zero-order chi connectivity index (χ0) is 20.6. The summed E-state index contributed by atoms with van der Waals surface area (Å²) in [6.07, 6.45) is -2.23. The van der Waals surface area contributed by atoms with Crippen LogP contribution in [0.3, 0.4) is 0 Å². The molecule has 1 aliphatic heterocycles. The first-order valence-electron chi connectivity index (χ1n) is 9.35. The van der Waals surface area contributed by atoms with Gasteiger partial charge in [0, 0.05) is 30.0 Å². The lowest BCUT2D eigenvalue weighted by molar-refractivity contribution is -0.137. The molecule has 0 bridgehead atoms. The van der Waals surface area contributed by atoms with Crippen LogP contribution in [0.1, 0.15) is 23.5 Å². The standard InChI is InChI=1S/C23H19F3N2O/c1-2-22(29)28-12-11-16(14-28)19-13-21(27-20-6-4-3-5-18(19)20)15-7-9-17(10-8-15)23(24,25)26/h2-10,13,16H,1,11-12,14H2. The fourth-order valence-corrected chi connectivity index (χ4v) is 3.86. The third-order valence-corrected chi connectivity index (χ3v) is 5.37. The highest BCUT2D eigenvalue weighted by atomic mass is 19.4. The van der Waals surface area contributed by atoms with Crippen molar-refractivity contribution in [3.05, 3.63) is 78.4 Å². The molecule has 3 aromatic rings. The predicted molar refractivity (Wildman–Crippen MR) is 106 cm³/mol. The Balaban J connectivity index is 1.76. The molecular formula is C23H19F3N2O. The van der Waals surface area contributed by atoms with Gasteiger partial charge in [0.1, 0.15) is 0 Å². The van der Waals surface area contributed by atoms with Crippen LogP contribution in [0.25, 0.3) is 22.2 Å². The monoisotopic (exact) mass is 396 g/mol. The van der Waals surface area contributed by atoms with E-state index < -0.39 is 11.7 Å². The average Bonchev–Trinajstić information content (AvgIpc) is 3.22. The molecule has 1 amide bonds. The van der Waals surface area contributed by atoms with E-state index in [0.29, 0.717) is 24.3 Å². The lowest BCUT2D eigenvalue weighted by Gasteiger charge is -2.17. The SMILES string of the molecule is C=CC(=O)N1CCC(c2cc(-c3ccc(C(F)(F)F)cc3)nc3ccccc23)C1. The number of alkyl halides is 3. The Kier molecular flexibility index (Phi) is 4.86. The molecule has 0 N–H and O–H groups in total. The Morgan fingerprint density at radius 3 is 2.55 bits per heavy atom. The minimum Gasteiger partial charge on any atom is -0.339 e. The van der Waals surface area contributed by atoms with Gasteiger partial charge in [0.15, 0.2) is 0 Å². The van der Waals surface area contributed by atoms with E-state index in [1.807, 2.05) is 30.3 Å². The molecule has 1 fully saturated rings. The summed E-state index contributed by atoms with van der Waals surface area (Å²) in [5.41, 5.74) is 2.41. The maximum atomic E-state index is 12.9. The van der Waals surface area contributed by atoms with Gasteiger partial charge in [-0.1, -0.05) is 36.9 Å². The molecule has 0 aliphatic carbocycles. The van der Waals surface area contributed by atoms with E-state index in [9.17, 15) is 18.0 Å². The fraction of sp³-hybridized carbons (Fsp3) is 0.217. The van der Waals surface area contributed by atoms with Gasteiger partial charge in [-0.3, -0.25) is 4.79 Å². The summed E-state index contributed by atoms with van der Waals surface area (Å²) in [7, 11) is 0. The van der Waals surface area contributed by atoms with Crippen LogP contribution < -0.4 is 0 Å². The first kappa shape index (κ1) is 19.2. The van der Waals surface area contributed by atoms with Gasteiger partial charge in [-0.25, -0.2) is 4.98 Å². The number of halogens is 3. The van der Waals surface area contributed by atoms with E-state index in [4.69, 9.17) is 0 Å². The molecule has 1 atom stereocenters.